The molecule has 0 aromatic carbocycles. The van der Waals surface area contributed by atoms with Gasteiger partial charge in [0, 0.05) is 0 Å². The van der Waals surface area contributed by atoms with Gasteiger partial charge in [0.1, 0.15) is 6.10 Å². The fourth-order valence-corrected chi connectivity index (χ4v) is 0.173. The maximum Gasteiger partial charge on any atom is 0.373 e. The minimum absolute atomic E-state index is 0.190. The number of rotatable bonds is 3. The number of aliphatic hydroxyl groups excluding tert-OH is 5. The normalized spacial score (nSPS) is 15.6. The summed E-state index contributed by atoms with van der Waals surface area (Å²) in [5.41, 5.74) is 0. The van der Waals surface area contributed by atoms with Crippen LogP contribution in [0.1, 0.15) is 0 Å². The van der Waals surface area contributed by atoms with Crippen LogP contribution in [0, 0.1) is 0 Å². The standard InChI is InChI=1S/C3H6O2.2C2H6O4.C2H4O.CO2.H2O2/c4-1-3-2-5-3;2*3-1(4)2(5)6;1-2-3-1;2-1-3;1-2/h3-4H,1-2H2;2*1-6H;1-2H2;;1-2H. The van der Waals surface area contributed by atoms with E-state index in [1.165, 1.54) is 0 Å². The first-order chi connectivity index (χ1) is 11.6. The van der Waals surface area contributed by atoms with Gasteiger partial charge >= 0.3 is 6.15 Å². The third-order valence-electron chi connectivity index (χ3n) is 1.34. The summed E-state index contributed by atoms with van der Waals surface area (Å²) in [5.74, 6) is 0. The molecule has 11 N–H and O–H groups in total. The molecule has 25 heavy (non-hydrogen) atoms. The highest BCUT2D eigenvalue weighted by atomic mass is 17.0. The first kappa shape index (κ1) is 31.6. The zero-order valence-corrected chi connectivity index (χ0v) is 12.8. The van der Waals surface area contributed by atoms with Gasteiger partial charge in [-0.25, -0.2) is 0 Å². The van der Waals surface area contributed by atoms with Crippen molar-refractivity contribution in [2.45, 2.75) is 31.3 Å². The highest BCUT2D eigenvalue weighted by Gasteiger charge is 2.19. The molecule has 2 saturated heterocycles. The van der Waals surface area contributed by atoms with E-state index in [1.807, 2.05) is 0 Å². The fraction of sp³-hybridized carbons (Fsp3) is 0.900. The van der Waals surface area contributed by atoms with Crippen molar-refractivity contribution in [3.63, 3.8) is 0 Å². The minimum Gasteiger partial charge on any atom is -0.394 e. The predicted molar refractivity (Wildman–Crippen MR) is 70.8 cm³/mol. The van der Waals surface area contributed by atoms with E-state index in [-0.39, 0.29) is 18.9 Å². The molecule has 2 aliphatic rings. The molecule has 0 aliphatic carbocycles. The lowest BCUT2D eigenvalue weighted by Gasteiger charge is -2.01. The molecule has 0 saturated carbocycles. The Bertz CT molecular complexity index is 230. The van der Waals surface area contributed by atoms with Crippen molar-refractivity contribution in [3.8, 4) is 0 Å². The van der Waals surface area contributed by atoms with Gasteiger partial charge in [0.05, 0.1) is 26.4 Å². The maximum atomic E-state index is 8.12. The van der Waals surface area contributed by atoms with Crippen LogP contribution in [-0.2, 0) is 19.1 Å². The van der Waals surface area contributed by atoms with Crippen molar-refractivity contribution in [1.29, 1.82) is 0 Å². The Morgan fingerprint density at radius 3 is 1.00 bits per heavy atom. The lowest BCUT2D eigenvalue weighted by atomic mass is 10.5. The molecule has 15 heteroatoms. The molecule has 0 amide bonds. The third kappa shape index (κ3) is 60.1. The number of ether oxygens (including phenoxy) is 2. The summed E-state index contributed by atoms with van der Waals surface area (Å²) in [6.07, 6.45) is -7.71. The SMILES string of the molecule is C1CO1.O=C=O.OC(O)C(O)O.OC(O)C(O)O.OCC1CO1.OO. The molecule has 2 heterocycles. The van der Waals surface area contributed by atoms with Gasteiger partial charge in [-0.05, 0) is 0 Å². The van der Waals surface area contributed by atoms with Gasteiger partial charge in [-0.3, -0.25) is 10.5 Å². The minimum atomic E-state index is -2.04. The van der Waals surface area contributed by atoms with Crippen LogP contribution in [0.2, 0.25) is 0 Å². The van der Waals surface area contributed by atoms with E-state index in [9.17, 15) is 0 Å². The smallest absolute Gasteiger partial charge is 0.373 e. The lowest BCUT2D eigenvalue weighted by Crippen LogP contribution is -2.23. The van der Waals surface area contributed by atoms with E-state index in [2.05, 4.69) is 9.47 Å². The van der Waals surface area contributed by atoms with Crippen molar-refractivity contribution < 1.29 is 75.5 Å². The molecule has 1 atom stereocenters. The first-order valence-electron chi connectivity index (χ1n) is 6.07. The molecule has 2 aliphatic heterocycles. The van der Waals surface area contributed by atoms with E-state index in [0.29, 0.717) is 0 Å². The van der Waals surface area contributed by atoms with Gasteiger partial charge in [-0.2, -0.15) is 9.59 Å². The van der Waals surface area contributed by atoms with Crippen molar-refractivity contribution >= 4 is 6.15 Å². The van der Waals surface area contributed by atoms with Gasteiger partial charge in [0.25, 0.3) is 0 Å². The number of epoxide rings is 2. The third-order valence-corrected chi connectivity index (χ3v) is 1.34. The van der Waals surface area contributed by atoms with Gasteiger partial charge < -0.3 is 55.4 Å². The summed E-state index contributed by atoms with van der Waals surface area (Å²) < 4.78 is 9.11. The molecule has 0 radical (unpaired) electrons. The van der Waals surface area contributed by atoms with Crippen LogP contribution in [0.25, 0.3) is 0 Å². The molecule has 0 spiro atoms. The lowest BCUT2D eigenvalue weighted by molar-refractivity contribution is -0.207. The maximum absolute atomic E-state index is 8.12. The average molecular weight is 384 g/mol. The van der Waals surface area contributed by atoms with Crippen LogP contribution in [0.3, 0.4) is 0 Å². The van der Waals surface area contributed by atoms with Crippen LogP contribution in [0.5, 0.6) is 0 Å². The van der Waals surface area contributed by atoms with E-state index < -0.39 is 25.2 Å². The van der Waals surface area contributed by atoms with E-state index in [1.54, 1.807) is 0 Å². The Morgan fingerprint density at radius 2 is 1.00 bits per heavy atom. The second-order valence-corrected chi connectivity index (χ2v) is 3.49. The number of carbonyl (C=O) groups excluding carboxylic acids is 2. The largest absolute Gasteiger partial charge is 0.394 e. The van der Waals surface area contributed by atoms with Crippen LogP contribution >= 0.6 is 0 Å². The Balaban J connectivity index is -0.000000110. The molecule has 2 rings (SSSR count). The van der Waals surface area contributed by atoms with Crippen molar-refractivity contribution in [1.82, 2.24) is 0 Å². The molecule has 0 aromatic heterocycles. The second kappa shape index (κ2) is 25.1. The summed E-state index contributed by atoms with van der Waals surface area (Å²) >= 11 is 0. The summed E-state index contributed by atoms with van der Waals surface area (Å²) in [6.45, 7) is 2.95. The Morgan fingerprint density at radius 1 is 0.800 bits per heavy atom. The molecule has 0 bridgehead atoms. The molecule has 1 unspecified atom stereocenters. The molecule has 154 valence electrons. The van der Waals surface area contributed by atoms with Crippen LogP contribution < -0.4 is 0 Å². The second-order valence-electron chi connectivity index (χ2n) is 3.49. The van der Waals surface area contributed by atoms with Crippen molar-refractivity contribution in [2.24, 2.45) is 0 Å². The molecule has 15 nitrogen and oxygen atoms in total. The van der Waals surface area contributed by atoms with Crippen molar-refractivity contribution in [3.05, 3.63) is 0 Å². The van der Waals surface area contributed by atoms with Gasteiger partial charge in [-0.15, -0.1) is 0 Å². The quantitative estimate of drug-likeness (QED) is 0.0934. The number of hydrogen-bond acceptors (Lipinski definition) is 15. The van der Waals surface area contributed by atoms with Gasteiger partial charge in [0.15, 0.2) is 0 Å². The molecule has 2 fully saturated rings. The van der Waals surface area contributed by atoms with Crippen LogP contribution in [0.15, 0.2) is 0 Å². The number of hydrogen-bond donors (Lipinski definition) is 11. The first-order valence-corrected chi connectivity index (χ1v) is 6.07. The molecule has 0 aromatic rings. The van der Waals surface area contributed by atoms with Crippen LogP contribution in [-0.4, -0.2) is 120 Å². The Labute approximate surface area is 140 Å². The summed E-state index contributed by atoms with van der Waals surface area (Å²) in [4.78, 5) is 16.2. The summed E-state index contributed by atoms with van der Waals surface area (Å²) in [7, 11) is 0. The fourth-order valence-electron chi connectivity index (χ4n) is 0.173. The highest BCUT2D eigenvalue weighted by molar-refractivity contribution is 5.20. The van der Waals surface area contributed by atoms with Gasteiger partial charge in [0.2, 0.25) is 25.2 Å². The Kier molecular flexibility index (Phi) is 31.7. The zero-order valence-electron chi connectivity index (χ0n) is 12.8. The van der Waals surface area contributed by atoms with E-state index >= 15 is 0 Å². The van der Waals surface area contributed by atoms with Crippen molar-refractivity contribution in [2.75, 3.05) is 26.4 Å². The monoisotopic (exact) mass is 384 g/mol. The van der Waals surface area contributed by atoms with Gasteiger partial charge in [-0.1, -0.05) is 0 Å². The van der Waals surface area contributed by atoms with Crippen LogP contribution in [0.4, 0.5) is 0 Å². The molecular formula is C10H24O15. The summed E-state index contributed by atoms with van der Waals surface area (Å²) in [6, 6.07) is 0. The van der Waals surface area contributed by atoms with E-state index in [4.69, 9.17) is 66.1 Å². The predicted octanol–water partition coefficient (Wildman–Crippen LogP) is -5.96. The highest BCUT2D eigenvalue weighted by Crippen LogP contribution is 2.04. The van der Waals surface area contributed by atoms with E-state index in [0.717, 1.165) is 19.8 Å². The Hall–Kier alpha value is -1.14. The molecular weight excluding hydrogens is 360 g/mol. The average Bonchev–Trinajstić information content (AvgIpc) is 3.45. The zero-order chi connectivity index (χ0) is 20.8. The topological polar surface area (TPSA) is 282 Å². The number of aliphatic hydroxyl groups is 9. The summed E-state index contributed by atoms with van der Waals surface area (Å²) in [5, 5.41) is 81.6.